The lowest BCUT2D eigenvalue weighted by Crippen LogP contribution is -2.57. The van der Waals surface area contributed by atoms with Crippen molar-refractivity contribution in [3.8, 4) is 0 Å². The van der Waals surface area contributed by atoms with E-state index in [9.17, 15) is 13.2 Å². The fourth-order valence-corrected chi connectivity index (χ4v) is 5.04. The first kappa shape index (κ1) is 16.0. The minimum absolute atomic E-state index is 0.00120. The molecule has 126 valence electrons. The van der Waals surface area contributed by atoms with Crippen LogP contribution in [-0.2, 0) is 14.8 Å². The normalized spacial score (nSPS) is 27.3. The Bertz CT molecular complexity index is 522. The Morgan fingerprint density at radius 1 is 1.27 bits per heavy atom. The molecule has 0 aromatic rings. The number of sulfonamides is 1. The summed E-state index contributed by atoms with van der Waals surface area (Å²) >= 11 is 0. The fraction of sp³-hybridized carbons (Fsp3) is 0.929. The molecule has 3 saturated heterocycles. The van der Waals surface area contributed by atoms with Gasteiger partial charge in [0.15, 0.2) is 0 Å². The minimum atomic E-state index is -3.12. The molecule has 0 aromatic carbocycles. The van der Waals surface area contributed by atoms with E-state index in [0.29, 0.717) is 32.8 Å². The number of carbonyl (C=O) groups is 1. The van der Waals surface area contributed by atoms with Crippen LogP contribution in [0.15, 0.2) is 0 Å². The fourth-order valence-electron chi connectivity index (χ4n) is 3.91. The van der Waals surface area contributed by atoms with Crippen LogP contribution in [0, 0.1) is 0 Å². The van der Waals surface area contributed by atoms with E-state index in [1.165, 1.54) is 0 Å². The molecular weight excluding hydrogens is 306 g/mol. The second kappa shape index (κ2) is 5.98. The lowest BCUT2D eigenvalue weighted by atomic mass is 9.87. The molecule has 22 heavy (non-hydrogen) atoms. The standard InChI is InChI=1S/C14H25N3O4S/c1-2-22(19,20)16-7-3-12(4-8-16)17-13(18)15-11-14(17)5-9-21-10-6-14/h12H,2-11H2,1H3,(H,15,18). The van der Waals surface area contributed by atoms with Crippen LogP contribution in [0.2, 0.25) is 0 Å². The summed E-state index contributed by atoms with van der Waals surface area (Å²) in [6.07, 6.45) is 3.16. The molecule has 0 bridgehead atoms. The molecule has 7 nitrogen and oxygen atoms in total. The zero-order chi connectivity index (χ0) is 15.8. The van der Waals surface area contributed by atoms with Crippen LogP contribution in [0.1, 0.15) is 32.6 Å². The van der Waals surface area contributed by atoms with Crippen molar-refractivity contribution in [2.75, 3.05) is 38.6 Å². The highest BCUT2D eigenvalue weighted by Gasteiger charge is 2.49. The van der Waals surface area contributed by atoms with Crippen molar-refractivity contribution in [1.29, 1.82) is 0 Å². The maximum Gasteiger partial charge on any atom is 0.318 e. The highest BCUT2D eigenvalue weighted by molar-refractivity contribution is 7.89. The van der Waals surface area contributed by atoms with E-state index in [1.807, 2.05) is 4.90 Å². The van der Waals surface area contributed by atoms with Crippen molar-refractivity contribution in [3.05, 3.63) is 0 Å². The molecular formula is C14H25N3O4S. The lowest BCUT2D eigenvalue weighted by Gasteiger charge is -2.46. The van der Waals surface area contributed by atoms with Crippen molar-refractivity contribution >= 4 is 16.1 Å². The van der Waals surface area contributed by atoms with Crippen LogP contribution >= 0.6 is 0 Å². The van der Waals surface area contributed by atoms with Crippen LogP contribution in [-0.4, -0.2) is 73.8 Å². The first-order valence-corrected chi connectivity index (χ1v) is 9.72. The van der Waals surface area contributed by atoms with Gasteiger partial charge in [-0.25, -0.2) is 17.5 Å². The summed E-state index contributed by atoms with van der Waals surface area (Å²) in [6, 6.07) is 0.127. The van der Waals surface area contributed by atoms with E-state index < -0.39 is 10.0 Å². The Balaban J connectivity index is 1.70. The number of carbonyl (C=O) groups excluding carboxylic acids is 1. The Kier molecular flexibility index (Phi) is 4.35. The van der Waals surface area contributed by atoms with E-state index in [-0.39, 0.29) is 23.4 Å². The third-order valence-electron chi connectivity index (χ3n) is 5.27. The average Bonchev–Trinajstić information content (AvgIpc) is 2.84. The topological polar surface area (TPSA) is 79.0 Å². The van der Waals surface area contributed by atoms with E-state index in [4.69, 9.17) is 4.74 Å². The maximum atomic E-state index is 12.3. The first-order chi connectivity index (χ1) is 10.5. The molecule has 1 spiro atoms. The monoisotopic (exact) mass is 331 g/mol. The molecule has 2 amide bonds. The van der Waals surface area contributed by atoms with Gasteiger partial charge in [0.2, 0.25) is 10.0 Å². The summed E-state index contributed by atoms with van der Waals surface area (Å²) in [7, 11) is -3.12. The van der Waals surface area contributed by atoms with Gasteiger partial charge in [0.1, 0.15) is 0 Å². The van der Waals surface area contributed by atoms with Crippen LogP contribution in [0.25, 0.3) is 0 Å². The zero-order valence-electron chi connectivity index (χ0n) is 13.1. The van der Waals surface area contributed by atoms with Crippen molar-refractivity contribution in [1.82, 2.24) is 14.5 Å². The number of hydrogen-bond donors (Lipinski definition) is 1. The molecule has 1 N–H and O–H groups in total. The summed E-state index contributed by atoms with van der Waals surface area (Å²) in [6.45, 7) is 4.76. The molecule has 3 heterocycles. The molecule has 3 rings (SSSR count). The molecule has 0 unspecified atom stereocenters. The van der Waals surface area contributed by atoms with Gasteiger partial charge >= 0.3 is 6.03 Å². The maximum absolute atomic E-state index is 12.3. The minimum Gasteiger partial charge on any atom is -0.381 e. The Morgan fingerprint density at radius 3 is 2.50 bits per heavy atom. The Morgan fingerprint density at radius 2 is 1.91 bits per heavy atom. The highest BCUT2D eigenvalue weighted by atomic mass is 32.2. The Hall–Kier alpha value is -0.860. The number of piperidine rings is 1. The second-order valence-corrected chi connectivity index (χ2v) is 8.65. The molecule has 0 radical (unpaired) electrons. The summed E-state index contributed by atoms with van der Waals surface area (Å²) in [5, 5.41) is 2.98. The number of hydrogen-bond acceptors (Lipinski definition) is 4. The number of rotatable bonds is 3. The molecule has 0 aromatic heterocycles. The summed E-state index contributed by atoms with van der Waals surface area (Å²) in [4.78, 5) is 14.3. The number of nitrogens with one attached hydrogen (secondary N) is 1. The van der Waals surface area contributed by atoms with Crippen molar-refractivity contribution < 1.29 is 17.9 Å². The number of amides is 2. The summed E-state index contributed by atoms with van der Waals surface area (Å²) < 4.78 is 30.9. The number of nitrogens with zero attached hydrogens (tertiary/aromatic N) is 2. The quantitative estimate of drug-likeness (QED) is 0.811. The zero-order valence-corrected chi connectivity index (χ0v) is 13.9. The van der Waals surface area contributed by atoms with Gasteiger partial charge in [-0.15, -0.1) is 0 Å². The van der Waals surface area contributed by atoms with Crippen LogP contribution in [0.3, 0.4) is 0 Å². The van der Waals surface area contributed by atoms with Crippen LogP contribution in [0.4, 0.5) is 4.79 Å². The van der Waals surface area contributed by atoms with Crippen LogP contribution in [0.5, 0.6) is 0 Å². The van der Waals surface area contributed by atoms with E-state index in [2.05, 4.69) is 5.32 Å². The van der Waals surface area contributed by atoms with Gasteiger partial charge in [0.05, 0.1) is 11.3 Å². The molecule has 3 fully saturated rings. The molecule has 0 atom stereocenters. The largest absolute Gasteiger partial charge is 0.381 e. The third kappa shape index (κ3) is 2.72. The average molecular weight is 331 g/mol. The van der Waals surface area contributed by atoms with Gasteiger partial charge in [0.25, 0.3) is 0 Å². The predicted octanol–water partition coefficient (Wildman–Crippen LogP) is 0.375. The second-order valence-electron chi connectivity index (χ2n) is 6.40. The van der Waals surface area contributed by atoms with Gasteiger partial charge in [-0.2, -0.15) is 0 Å². The van der Waals surface area contributed by atoms with Crippen molar-refractivity contribution in [2.45, 2.75) is 44.2 Å². The summed E-state index contributed by atoms with van der Waals surface area (Å²) in [5.74, 6) is 0.142. The summed E-state index contributed by atoms with van der Waals surface area (Å²) in [5.41, 5.74) is -0.133. The number of urea groups is 1. The number of ether oxygens (including phenoxy) is 1. The van der Waals surface area contributed by atoms with Crippen LogP contribution < -0.4 is 5.32 Å². The molecule has 3 aliphatic rings. The van der Waals surface area contributed by atoms with Gasteiger partial charge in [-0.1, -0.05) is 0 Å². The van der Waals surface area contributed by atoms with E-state index in [0.717, 1.165) is 25.7 Å². The SMILES string of the molecule is CCS(=O)(=O)N1CCC(N2C(=O)NCC23CCOCC3)CC1. The smallest absolute Gasteiger partial charge is 0.318 e. The van der Waals surface area contributed by atoms with Gasteiger partial charge in [-0.3, -0.25) is 0 Å². The van der Waals surface area contributed by atoms with Gasteiger partial charge in [0, 0.05) is 38.9 Å². The molecule has 0 saturated carbocycles. The Labute approximate surface area is 132 Å². The predicted molar refractivity (Wildman–Crippen MR) is 82.1 cm³/mol. The van der Waals surface area contributed by atoms with E-state index >= 15 is 0 Å². The van der Waals surface area contributed by atoms with Crippen molar-refractivity contribution in [3.63, 3.8) is 0 Å². The van der Waals surface area contributed by atoms with Crippen molar-refractivity contribution in [2.24, 2.45) is 0 Å². The van der Waals surface area contributed by atoms with Gasteiger partial charge < -0.3 is 15.0 Å². The van der Waals surface area contributed by atoms with Gasteiger partial charge in [-0.05, 0) is 32.6 Å². The molecule has 0 aliphatic carbocycles. The molecule has 8 heteroatoms. The van der Waals surface area contributed by atoms with E-state index in [1.54, 1.807) is 11.2 Å². The lowest BCUT2D eigenvalue weighted by molar-refractivity contribution is -0.0121. The highest BCUT2D eigenvalue weighted by Crippen LogP contribution is 2.35. The first-order valence-electron chi connectivity index (χ1n) is 8.11. The third-order valence-corrected chi connectivity index (χ3v) is 7.15. The molecule has 3 aliphatic heterocycles.